The Kier molecular flexibility index (Phi) is 7.19. The van der Waals surface area contributed by atoms with Crippen LogP contribution in [0.5, 0.6) is 0 Å². The fourth-order valence-electron chi connectivity index (χ4n) is 1.89. The molecule has 0 amide bonds. The third kappa shape index (κ3) is 5.91. The summed E-state index contributed by atoms with van der Waals surface area (Å²) in [5.41, 5.74) is -0.291. The zero-order valence-electron chi connectivity index (χ0n) is 14.0. The van der Waals surface area contributed by atoms with Gasteiger partial charge in [0.1, 0.15) is 6.10 Å². The summed E-state index contributed by atoms with van der Waals surface area (Å²) in [6.45, 7) is 4.94. The van der Waals surface area contributed by atoms with Crippen molar-refractivity contribution in [1.29, 1.82) is 0 Å². The Labute approximate surface area is 145 Å². The van der Waals surface area contributed by atoms with Gasteiger partial charge in [-0.05, 0) is 31.4 Å². The van der Waals surface area contributed by atoms with Gasteiger partial charge in [-0.25, -0.2) is 4.79 Å². The zero-order chi connectivity index (χ0) is 19.2. The van der Waals surface area contributed by atoms with Gasteiger partial charge in [0.15, 0.2) is 0 Å². The van der Waals surface area contributed by atoms with Crippen molar-refractivity contribution in [1.82, 2.24) is 0 Å². The molecule has 9 nitrogen and oxygen atoms in total. The molecule has 0 aliphatic rings. The van der Waals surface area contributed by atoms with Crippen LogP contribution in [-0.4, -0.2) is 37.8 Å². The Morgan fingerprint density at radius 1 is 1.20 bits per heavy atom. The predicted molar refractivity (Wildman–Crippen MR) is 86.3 cm³/mol. The molecule has 0 saturated heterocycles. The smallest absolute Gasteiger partial charge is 0.377 e. The molecule has 0 aliphatic heterocycles. The van der Waals surface area contributed by atoms with Crippen LogP contribution in [0.4, 0.5) is 5.69 Å². The molecule has 1 atom stereocenters. The molecule has 0 saturated carbocycles. The Morgan fingerprint density at radius 3 is 2.20 bits per heavy atom. The average molecular weight is 373 g/mol. The van der Waals surface area contributed by atoms with E-state index >= 15 is 0 Å². The van der Waals surface area contributed by atoms with Gasteiger partial charge in [0.25, 0.3) is 21.6 Å². The van der Waals surface area contributed by atoms with Crippen LogP contribution in [0.25, 0.3) is 0 Å². The van der Waals surface area contributed by atoms with E-state index in [1.807, 2.05) is 0 Å². The second-order valence-corrected chi connectivity index (χ2v) is 7.08. The molecule has 10 heteroatoms. The first kappa shape index (κ1) is 20.7. The summed E-state index contributed by atoms with van der Waals surface area (Å²) in [6, 6.07) is 3.99. The van der Waals surface area contributed by atoms with Gasteiger partial charge < -0.3 is 4.74 Å². The van der Waals surface area contributed by atoms with Crippen LogP contribution >= 0.6 is 0 Å². The number of benzene rings is 1. The molecule has 1 rings (SSSR count). The van der Waals surface area contributed by atoms with E-state index in [1.54, 1.807) is 13.8 Å². The summed E-state index contributed by atoms with van der Waals surface area (Å²) in [6.07, 6.45) is -1.54. The highest BCUT2D eigenvalue weighted by Crippen LogP contribution is 2.21. The second kappa shape index (κ2) is 8.67. The third-order valence-electron chi connectivity index (χ3n) is 3.03. The summed E-state index contributed by atoms with van der Waals surface area (Å²) < 4.78 is 34.1. The van der Waals surface area contributed by atoms with Crippen molar-refractivity contribution < 1.29 is 31.9 Å². The highest BCUT2D eigenvalue weighted by atomic mass is 32.2. The van der Waals surface area contributed by atoms with Gasteiger partial charge in [-0.15, -0.1) is 0 Å². The van der Waals surface area contributed by atoms with Crippen LogP contribution in [0, 0.1) is 16.0 Å². The molecule has 0 heterocycles. The number of esters is 1. The van der Waals surface area contributed by atoms with Gasteiger partial charge in [0.2, 0.25) is 0 Å². The molecule has 0 aliphatic carbocycles. The van der Waals surface area contributed by atoms with E-state index in [0.29, 0.717) is 0 Å². The molecule has 0 bridgehead atoms. The first-order chi connectivity index (χ1) is 11.6. The number of ether oxygens (including phenoxy) is 1. The van der Waals surface area contributed by atoms with Crippen LogP contribution in [0.1, 0.15) is 27.2 Å². The summed E-state index contributed by atoms with van der Waals surface area (Å²) in [5.74, 6) is -2.40. The Balaban J connectivity index is 3.06. The monoisotopic (exact) mass is 373 g/mol. The zero-order valence-corrected chi connectivity index (χ0v) is 14.8. The molecule has 0 radical (unpaired) electrons. The number of nitrogens with zero attached hydrogens (tertiary/aromatic N) is 1. The summed E-state index contributed by atoms with van der Waals surface area (Å²) in [5, 5.41) is 10.6. The van der Waals surface area contributed by atoms with E-state index in [4.69, 9.17) is 4.18 Å². The van der Waals surface area contributed by atoms with E-state index in [1.165, 1.54) is 6.92 Å². The minimum atomic E-state index is -4.39. The van der Waals surface area contributed by atoms with E-state index in [-0.39, 0.29) is 29.5 Å². The largest absolute Gasteiger partial charge is 0.460 e. The Hall–Kier alpha value is -2.33. The van der Waals surface area contributed by atoms with Crippen LogP contribution in [0.2, 0.25) is 0 Å². The minimum absolute atomic E-state index is 0.0101. The fourth-order valence-corrected chi connectivity index (χ4v) is 2.95. The van der Waals surface area contributed by atoms with Gasteiger partial charge >= 0.3 is 5.97 Å². The fraction of sp³-hybridized carbons (Fsp3) is 0.467. The first-order valence-electron chi connectivity index (χ1n) is 7.47. The predicted octanol–water partition coefficient (Wildman–Crippen LogP) is 1.85. The van der Waals surface area contributed by atoms with Gasteiger partial charge in [-0.3, -0.25) is 19.1 Å². The number of carbonyl (C=O) groups is 2. The Bertz CT molecular complexity index is 739. The second-order valence-electron chi connectivity index (χ2n) is 5.50. The van der Waals surface area contributed by atoms with Crippen molar-refractivity contribution in [2.45, 2.75) is 38.2 Å². The van der Waals surface area contributed by atoms with Crippen LogP contribution in [0.15, 0.2) is 29.2 Å². The quantitative estimate of drug-likeness (QED) is 0.211. The van der Waals surface area contributed by atoms with Gasteiger partial charge in [0, 0.05) is 12.1 Å². The topological polar surface area (TPSA) is 130 Å². The number of hydrogen-bond acceptors (Lipinski definition) is 8. The standard InChI is InChI=1S/C15H19NO8S/c1-4-23-15(18)14(17)13(9-10(2)3)24-25(21,22)12-7-5-11(6-8-12)16(19)20/h5-8,10,13H,4,9H2,1-3H3. The summed E-state index contributed by atoms with van der Waals surface area (Å²) in [7, 11) is -4.39. The normalized spacial score (nSPS) is 12.6. The van der Waals surface area contributed by atoms with Crippen molar-refractivity contribution in [3.05, 3.63) is 34.4 Å². The average Bonchev–Trinajstić information content (AvgIpc) is 2.53. The highest BCUT2D eigenvalue weighted by molar-refractivity contribution is 7.86. The lowest BCUT2D eigenvalue weighted by atomic mass is 10.0. The maximum Gasteiger partial charge on any atom is 0.377 e. The molecular weight excluding hydrogens is 354 g/mol. The SMILES string of the molecule is CCOC(=O)C(=O)C(CC(C)C)OS(=O)(=O)c1ccc([N+](=O)[O-])cc1. The molecule has 1 aromatic rings. The molecule has 0 fully saturated rings. The van der Waals surface area contributed by atoms with E-state index in [0.717, 1.165) is 24.3 Å². The lowest BCUT2D eigenvalue weighted by Crippen LogP contribution is -2.35. The van der Waals surface area contributed by atoms with Crippen molar-refractivity contribution in [2.75, 3.05) is 6.61 Å². The van der Waals surface area contributed by atoms with Gasteiger partial charge in [-0.2, -0.15) is 8.42 Å². The number of non-ortho nitro benzene ring substituents is 1. The van der Waals surface area contributed by atoms with Crippen molar-refractivity contribution in [3.63, 3.8) is 0 Å². The van der Waals surface area contributed by atoms with Crippen molar-refractivity contribution in [3.8, 4) is 0 Å². The minimum Gasteiger partial charge on any atom is -0.460 e. The number of carbonyl (C=O) groups excluding carboxylic acids is 2. The molecule has 0 spiro atoms. The Morgan fingerprint density at radius 2 is 1.76 bits per heavy atom. The number of ketones is 1. The number of nitro benzene ring substituents is 1. The molecule has 0 aromatic heterocycles. The third-order valence-corrected chi connectivity index (χ3v) is 4.37. The molecule has 138 valence electrons. The van der Waals surface area contributed by atoms with Crippen LogP contribution in [0.3, 0.4) is 0 Å². The van der Waals surface area contributed by atoms with E-state index in [2.05, 4.69) is 4.74 Å². The van der Waals surface area contributed by atoms with Crippen LogP contribution < -0.4 is 0 Å². The van der Waals surface area contributed by atoms with Crippen molar-refractivity contribution in [2.24, 2.45) is 5.92 Å². The van der Waals surface area contributed by atoms with Crippen molar-refractivity contribution >= 4 is 27.6 Å². The molecule has 1 unspecified atom stereocenters. The maximum atomic E-state index is 12.3. The van der Waals surface area contributed by atoms with Gasteiger partial charge in [0.05, 0.1) is 16.4 Å². The first-order valence-corrected chi connectivity index (χ1v) is 8.88. The molecule has 1 aromatic carbocycles. The molecular formula is C15H19NO8S. The lowest BCUT2D eigenvalue weighted by Gasteiger charge is -2.17. The number of hydrogen-bond donors (Lipinski definition) is 0. The number of rotatable bonds is 9. The van der Waals surface area contributed by atoms with Gasteiger partial charge in [-0.1, -0.05) is 13.8 Å². The number of Topliss-reactive ketones (excluding diaryl/α,β-unsaturated/α-hetero) is 1. The van der Waals surface area contributed by atoms with E-state index in [9.17, 15) is 28.1 Å². The molecule has 0 N–H and O–H groups in total. The number of nitro groups is 1. The van der Waals surface area contributed by atoms with Crippen LogP contribution in [-0.2, 0) is 28.6 Å². The maximum absolute atomic E-state index is 12.3. The molecule has 25 heavy (non-hydrogen) atoms. The highest BCUT2D eigenvalue weighted by Gasteiger charge is 2.33. The summed E-state index contributed by atoms with van der Waals surface area (Å²) >= 11 is 0. The van der Waals surface area contributed by atoms with E-state index < -0.39 is 32.9 Å². The lowest BCUT2D eigenvalue weighted by molar-refractivity contribution is -0.384. The summed E-state index contributed by atoms with van der Waals surface area (Å²) in [4.78, 5) is 33.2.